The van der Waals surface area contributed by atoms with Crippen LogP contribution in [-0.2, 0) is 25.9 Å². The lowest BCUT2D eigenvalue weighted by Gasteiger charge is -2.26. The normalized spacial score (nSPS) is 13.5. The van der Waals surface area contributed by atoms with Gasteiger partial charge in [-0.05, 0) is 29.6 Å². The molecule has 4 aromatic heterocycles. The molecule has 0 bridgehead atoms. The summed E-state index contributed by atoms with van der Waals surface area (Å²) in [6, 6.07) is 8.88. The smallest absolute Gasteiger partial charge is 0.272 e. The first-order valence-electron chi connectivity index (χ1n) is 13.4. The van der Waals surface area contributed by atoms with E-state index in [9.17, 15) is 19.6 Å². The fourth-order valence-electron chi connectivity index (χ4n) is 4.89. The second-order valence-electron chi connectivity index (χ2n) is 10.1. The number of hydrogen-bond acceptors (Lipinski definition) is 7. The number of nitriles is 1. The van der Waals surface area contributed by atoms with Gasteiger partial charge in [0, 0.05) is 71.5 Å². The standard InChI is InChI=1S/C29H32N8O4S/c1-34-16-20(26-19(15-30)4-11-42-26)12-23(34)28(39)32-22-14-25(36(3)18-22)29(40)33-21-13-24(35(2)17-21)27(38)31-5-6-37-7-9-41-10-8-37/h4,11-14,16-18H,5-10H2,1-3H3,(H,31,38)(H,32,39)(H,33,40). The summed E-state index contributed by atoms with van der Waals surface area (Å²) >= 11 is 1.44. The summed E-state index contributed by atoms with van der Waals surface area (Å²) in [5.74, 6) is -0.948. The molecular formula is C29H32N8O4S. The van der Waals surface area contributed by atoms with Crippen molar-refractivity contribution in [3.63, 3.8) is 0 Å². The molecule has 1 fully saturated rings. The fourth-order valence-corrected chi connectivity index (χ4v) is 5.71. The summed E-state index contributed by atoms with van der Waals surface area (Å²) in [4.78, 5) is 41.9. The lowest BCUT2D eigenvalue weighted by Crippen LogP contribution is -2.41. The van der Waals surface area contributed by atoms with Gasteiger partial charge in [-0.15, -0.1) is 11.3 Å². The third-order valence-corrected chi connectivity index (χ3v) is 8.06. The molecule has 3 amide bonds. The van der Waals surface area contributed by atoms with E-state index in [0.29, 0.717) is 53.8 Å². The van der Waals surface area contributed by atoms with Crippen molar-refractivity contribution in [3.05, 3.63) is 70.9 Å². The monoisotopic (exact) mass is 588 g/mol. The number of nitrogens with one attached hydrogen (secondary N) is 3. The molecule has 0 aliphatic carbocycles. The lowest BCUT2D eigenvalue weighted by atomic mass is 10.2. The van der Waals surface area contributed by atoms with Crippen LogP contribution in [0.5, 0.6) is 0 Å². The van der Waals surface area contributed by atoms with Gasteiger partial charge in [0.05, 0.1) is 35.0 Å². The molecule has 1 saturated heterocycles. The van der Waals surface area contributed by atoms with Crippen molar-refractivity contribution < 1.29 is 19.1 Å². The first-order valence-corrected chi connectivity index (χ1v) is 14.3. The predicted molar refractivity (Wildman–Crippen MR) is 160 cm³/mol. The molecule has 42 heavy (non-hydrogen) atoms. The SMILES string of the molecule is Cn1cc(NC(=O)c2cc(NC(=O)c3cc(-c4sccc4C#N)cn3C)cn2C)cc1C(=O)NCCN1CCOCC1. The van der Waals surface area contributed by atoms with Gasteiger partial charge >= 0.3 is 0 Å². The maximum Gasteiger partial charge on any atom is 0.272 e. The Hall–Kier alpha value is -4.64. The molecule has 4 aromatic rings. The summed E-state index contributed by atoms with van der Waals surface area (Å²) in [7, 11) is 5.22. The number of aryl methyl sites for hydroxylation is 3. The van der Waals surface area contributed by atoms with Gasteiger partial charge in [0.25, 0.3) is 17.7 Å². The molecule has 218 valence electrons. The second kappa shape index (κ2) is 12.5. The zero-order valence-electron chi connectivity index (χ0n) is 23.6. The molecule has 1 aliphatic heterocycles. The minimum Gasteiger partial charge on any atom is -0.379 e. The summed E-state index contributed by atoms with van der Waals surface area (Å²) in [5.41, 5.74) is 3.46. The van der Waals surface area contributed by atoms with Crippen LogP contribution in [-0.4, -0.2) is 75.7 Å². The van der Waals surface area contributed by atoms with E-state index < -0.39 is 0 Å². The Kier molecular flexibility index (Phi) is 8.58. The quantitative estimate of drug-likeness (QED) is 0.275. The Morgan fingerprint density at radius 3 is 2.07 bits per heavy atom. The Morgan fingerprint density at radius 2 is 1.45 bits per heavy atom. The van der Waals surface area contributed by atoms with Crippen molar-refractivity contribution in [3.8, 4) is 16.5 Å². The molecule has 5 rings (SSSR count). The molecule has 0 unspecified atom stereocenters. The average Bonchev–Trinajstić information content (AvgIpc) is 3.75. The summed E-state index contributed by atoms with van der Waals surface area (Å²) < 4.78 is 10.3. The highest BCUT2D eigenvalue weighted by molar-refractivity contribution is 7.13. The summed E-state index contributed by atoms with van der Waals surface area (Å²) in [6.45, 7) is 4.39. The van der Waals surface area contributed by atoms with Crippen LogP contribution in [0, 0.1) is 11.3 Å². The molecule has 13 heteroatoms. The van der Waals surface area contributed by atoms with Crippen LogP contribution in [0.3, 0.4) is 0 Å². The summed E-state index contributed by atoms with van der Waals surface area (Å²) in [6.07, 6.45) is 5.14. The number of morpholine rings is 1. The number of anilines is 2. The average molecular weight is 589 g/mol. The molecule has 0 radical (unpaired) electrons. The second-order valence-corrected chi connectivity index (χ2v) is 11.0. The van der Waals surface area contributed by atoms with Gasteiger partial charge in [-0.2, -0.15) is 5.26 Å². The number of carbonyl (C=O) groups is 3. The molecule has 0 aromatic carbocycles. The van der Waals surface area contributed by atoms with Crippen LogP contribution in [0.4, 0.5) is 11.4 Å². The fraction of sp³-hybridized carbons (Fsp3) is 0.310. The van der Waals surface area contributed by atoms with Crippen molar-refractivity contribution in [1.82, 2.24) is 23.9 Å². The lowest BCUT2D eigenvalue weighted by molar-refractivity contribution is 0.0383. The van der Waals surface area contributed by atoms with Gasteiger partial charge in [-0.3, -0.25) is 19.3 Å². The van der Waals surface area contributed by atoms with Crippen LogP contribution in [0.25, 0.3) is 10.4 Å². The topological polar surface area (TPSA) is 138 Å². The summed E-state index contributed by atoms with van der Waals surface area (Å²) in [5, 5.41) is 19.8. The molecular weight excluding hydrogens is 556 g/mol. The van der Waals surface area contributed by atoms with E-state index in [1.54, 1.807) is 71.5 Å². The van der Waals surface area contributed by atoms with Crippen LogP contribution >= 0.6 is 11.3 Å². The number of nitrogens with zero attached hydrogens (tertiary/aromatic N) is 5. The zero-order chi connectivity index (χ0) is 29.8. The molecule has 1 aliphatic rings. The number of carbonyl (C=O) groups excluding carboxylic acids is 3. The Labute approximate surface area is 247 Å². The number of amides is 3. The Balaban J connectivity index is 1.20. The van der Waals surface area contributed by atoms with Crippen LogP contribution in [0.15, 0.2) is 48.2 Å². The first-order chi connectivity index (χ1) is 20.2. The molecule has 0 atom stereocenters. The van der Waals surface area contributed by atoms with Crippen molar-refractivity contribution in [2.75, 3.05) is 50.0 Å². The number of rotatable bonds is 9. The Bertz CT molecular complexity index is 1660. The van der Waals surface area contributed by atoms with Gasteiger partial charge in [-0.1, -0.05) is 0 Å². The zero-order valence-corrected chi connectivity index (χ0v) is 24.5. The third kappa shape index (κ3) is 6.31. The highest BCUT2D eigenvalue weighted by atomic mass is 32.1. The molecule has 5 heterocycles. The highest BCUT2D eigenvalue weighted by Gasteiger charge is 2.20. The van der Waals surface area contributed by atoms with Gasteiger partial charge in [0.1, 0.15) is 23.2 Å². The molecule has 3 N–H and O–H groups in total. The first kappa shape index (κ1) is 28.9. The number of thiophene rings is 1. The van der Waals surface area contributed by atoms with E-state index in [0.717, 1.165) is 30.1 Å². The van der Waals surface area contributed by atoms with Gasteiger partial charge < -0.3 is 34.4 Å². The maximum absolute atomic E-state index is 13.1. The van der Waals surface area contributed by atoms with Crippen molar-refractivity contribution in [1.29, 1.82) is 5.26 Å². The minimum atomic E-state index is -0.384. The van der Waals surface area contributed by atoms with Crippen molar-refractivity contribution >= 4 is 40.4 Å². The molecule has 0 spiro atoms. The minimum absolute atomic E-state index is 0.220. The number of ether oxygens (including phenoxy) is 1. The van der Waals surface area contributed by atoms with Gasteiger partial charge in [0.15, 0.2) is 0 Å². The van der Waals surface area contributed by atoms with E-state index >= 15 is 0 Å². The Morgan fingerprint density at radius 1 is 0.881 bits per heavy atom. The number of aromatic nitrogens is 3. The molecule has 0 saturated carbocycles. The highest BCUT2D eigenvalue weighted by Crippen LogP contribution is 2.30. The van der Waals surface area contributed by atoms with E-state index in [2.05, 4.69) is 26.9 Å². The van der Waals surface area contributed by atoms with Crippen LogP contribution < -0.4 is 16.0 Å². The van der Waals surface area contributed by atoms with Gasteiger partial charge in [-0.25, -0.2) is 0 Å². The van der Waals surface area contributed by atoms with Crippen LogP contribution in [0.1, 0.15) is 37.0 Å². The van der Waals surface area contributed by atoms with Gasteiger partial charge in [0.2, 0.25) is 0 Å². The van der Waals surface area contributed by atoms with E-state index in [1.807, 2.05) is 11.6 Å². The van der Waals surface area contributed by atoms with E-state index in [-0.39, 0.29) is 17.7 Å². The van der Waals surface area contributed by atoms with Crippen LogP contribution in [0.2, 0.25) is 0 Å². The number of hydrogen-bond donors (Lipinski definition) is 3. The largest absolute Gasteiger partial charge is 0.379 e. The maximum atomic E-state index is 13.1. The van der Waals surface area contributed by atoms with E-state index in [1.165, 1.54) is 11.3 Å². The van der Waals surface area contributed by atoms with E-state index in [4.69, 9.17) is 4.74 Å². The predicted octanol–water partition coefficient (Wildman–Crippen LogP) is 2.87. The van der Waals surface area contributed by atoms with Crippen molar-refractivity contribution in [2.45, 2.75) is 0 Å². The third-order valence-electron chi connectivity index (χ3n) is 7.09. The van der Waals surface area contributed by atoms with Crippen molar-refractivity contribution in [2.24, 2.45) is 21.1 Å². The molecule has 12 nitrogen and oxygen atoms in total.